The fourth-order valence-electron chi connectivity index (χ4n) is 2.35. The number of nitrogens with zero attached hydrogens (tertiary/aromatic N) is 2. The van der Waals surface area contributed by atoms with Crippen LogP contribution in [0.4, 0.5) is 10.1 Å². The fraction of sp³-hybridized carbons (Fsp3) is 0.167. The zero-order valence-corrected chi connectivity index (χ0v) is 15.3. The molecule has 0 aliphatic carbocycles. The van der Waals surface area contributed by atoms with E-state index in [4.69, 9.17) is 14.2 Å². The highest BCUT2D eigenvalue weighted by Crippen LogP contribution is 2.33. The quantitative estimate of drug-likeness (QED) is 0.438. The number of thiazole rings is 1. The van der Waals surface area contributed by atoms with E-state index in [0.717, 1.165) is 16.6 Å². The monoisotopic (exact) mass is 390 g/mol. The minimum absolute atomic E-state index is 0.0402. The average molecular weight is 390 g/mol. The lowest BCUT2D eigenvalue weighted by atomic mass is 10.2. The Hall–Kier alpha value is -3.20. The van der Waals surface area contributed by atoms with Gasteiger partial charge in [0.05, 0.1) is 30.9 Å². The molecule has 0 radical (unpaired) electrons. The SMILES string of the molecule is COc1ccc(-c2nc(COc3ccc([N+](=O)[O-])cc3F)cs2)cc1OC. The maximum Gasteiger partial charge on any atom is 0.272 e. The Balaban J connectivity index is 1.72. The van der Waals surface area contributed by atoms with Crippen molar-refractivity contribution in [3.05, 3.63) is 63.4 Å². The van der Waals surface area contributed by atoms with Gasteiger partial charge in [0.2, 0.25) is 0 Å². The summed E-state index contributed by atoms with van der Waals surface area (Å²) in [5.74, 6) is 0.353. The number of nitro benzene ring substituents is 1. The molecule has 0 unspecified atom stereocenters. The van der Waals surface area contributed by atoms with Gasteiger partial charge in [-0.05, 0) is 24.3 Å². The number of rotatable bonds is 7. The number of nitro groups is 1. The summed E-state index contributed by atoms with van der Waals surface area (Å²) in [5.41, 5.74) is 1.14. The summed E-state index contributed by atoms with van der Waals surface area (Å²) < 4.78 is 29.8. The van der Waals surface area contributed by atoms with Gasteiger partial charge in [0.25, 0.3) is 5.69 Å². The lowest BCUT2D eigenvalue weighted by molar-refractivity contribution is -0.385. The van der Waals surface area contributed by atoms with Crippen molar-refractivity contribution < 1.29 is 23.5 Å². The molecular formula is C18H15FN2O5S. The van der Waals surface area contributed by atoms with Crippen LogP contribution in [0.25, 0.3) is 10.6 Å². The maximum atomic E-state index is 13.9. The van der Waals surface area contributed by atoms with E-state index in [1.165, 1.54) is 23.5 Å². The number of benzene rings is 2. The van der Waals surface area contributed by atoms with E-state index in [-0.39, 0.29) is 18.0 Å². The largest absolute Gasteiger partial charge is 0.493 e. The zero-order chi connectivity index (χ0) is 19.4. The lowest BCUT2D eigenvalue weighted by Gasteiger charge is -2.08. The van der Waals surface area contributed by atoms with Crippen molar-refractivity contribution in [1.82, 2.24) is 4.98 Å². The average Bonchev–Trinajstić information content (AvgIpc) is 3.15. The second-order valence-corrected chi connectivity index (χ2v) is 6.23. The van der Waals surface area contributed by atoms with Crippen LogP contribution >= 0.6 is 11.3 Å². The van der Waals surface area contributed by atoms with Crippen LogP contribution in [0.3, 0.4) is 0 Å². The van der Waals surface area contributed by atoms with Gasteiger partial charge in [-0.2, -0.15) is 0 Å². The molecule has 27 heavy (non-hydrogen) atoms. The Kier molecular flexibility index (Phi) is 5.51. The van der Waals surface area contributed by atoms with Crippen LogP contribution in [0.15, 0.2) is 41.8 Å². The molecule has 0 fully saturated rings. The summed E-state index contributed by atoms with van der Waals surface area (Å²) in [6.45, 7) is 0.0402. The molecule has 7 nitrogen and oxygen atoms in total. The van der Waals surface area contributed by atoms with Crippen molar-refractivity contribution in [2.24, 2.45) is 0 Å². The Labute approximate surface area is 158 Å². The smallest absolute Gasteiger partial charge is 0.272 e. The molecule has 9 heteroatoms. The first-order chi connectivity index (χ1) is 13.0. The Bertz CT molecular complexity index is 976. The first-order valence-corrected chi connectivity index (χ1v) is 8.63. The van der Waals surface area contributed by atoms with Gasteiger partial charge < -0.3 is 14.2 Å². The minimum atomic E-state index is -0.792. The number of hydrogen-bond acceptors (Lipinski definition) is 7. The van der Waals surface area contributed by atoms with Crippen LogP contribution in [0.2, 0.25) is 0 Å². The number of hydrogen-bond donors (Lipinski definition) is 0. The van der Waals surface area contributed by atoms with Crippen molar-refractivity contribution in [2.75, 3.05) is 14.2 Å². The summed E-state index contributed by atoms with van der Waals surface area (Å²) >= 11 is 1.41. The van der Waals surface area contributed by atoms with Crippen LogP contribution < -0.4 is 14.2 Å². The molecule has 140 valence electrons. The van der Waals surface area contributed by atoms with E-state index >= 15 is 0 Å². The molecule has 0 saturated heterocycles. The van der Waals surface area contributed by atoms with Gasteiger partial charge >= 0.3 is 0 Å². The number of aromatic nitrogens is 1. The minimum Gasteiger partial charge on any atom is -0.493 e. The van der Waals surface area contributed by atoms with Crippen molar-refractivity contribution >= 4 is 17.0 Å². The first kappa shape index (κ1) is 18.6. The normalized spacial score (nSPS) is 10.5. The molecule has 0 aliphatic heterocycles. The Morgan fingerprint density at radius 2 is 1.85 bits per heavy atom. The lowest BCUT2D eigenvalue weighted by Crippen LogP contribution is -1.99. The third-order valence-corrected chi connectivity index (χ3v) is 4.62. The molecule has 0 amide bonds. The summed E-state index contributed by atoms with van der Waals surface area (Å²) in [6.07, 6.45) is 0. The molecule has 0 aliphatic rings. The highest BCUT2D eigenvalue weighted by molar-refractivity contribution is 7.13. The number of methoxy groups -OCH3 is 2. The molecular weight excluding hydrogens is 375 g/mol. The Morgan fingerprint density at radius 1 is 1.11 bits per heavy atom. The third kappa shape index (κ3) is 4.14. The van der Waals surface area contributed by atoms with E-state index < -0.39 is 10.7 Å². The standard InChI is InChI=1S/C18H15FN2O5S/c1-24-16-5-3-11(7-17(16)25-2)18-20-12(10-27-18)9-26-15-6-4-13(21(22)23)8-14(15)19/h3-8,10H,9H2,1-2H3. The van der Waals surface area contributed by atoms with Crippen molar-refractivity contribution in [3.63, 3.8) is 0 Å². The Morgan fingerprint density at radius 3 is 2.52 bits per heavy atom. The summed E-state index contributed by atoms with van der Waals surface area (Å²) in [4.78, 5) is 14.4. The topological polar surface area (TPSA) is 83.7 Å². The number of ether oxygens (including phenoxy) is 3. The van der Waals surface area contributed by atoms with Crippen LogP contribution in [0.1, 0.15) is 5.69 Å². The van der Waals surface area contributed by atoms with Crippen molar-refractivity contribution in [1.29, 1.82) is 0 Å². The number of halogens is 1. The molecule has 0 atom stereocenters. The van der Waals surface area contributed by atoms with Crippen LogP contribution in [0.5, 0.6) is 17.2 Å². The van der Waals surface area contributed by atoms with E-state index in [1.54, 1.807) is 25.7 Å². The van der Waals surface area contributed by atoms with Gasteiger partial charge in [-0.1, -0.05) is 0 Å². The van der Waals surface area contributed by atoms with Gasteiger partial charge in [0, 0.05) is 17.0 Å². The molecule has 0 saturated carbocycles. The van der Waals surface area contributed by atoms with Gasteiger partial charge in [0.15, 0.2) is 23.1 Å². The van der Waals surface area contributed by atoms with Crippen LogP contribution in [-0.2, 0) is 6.61 Å². The van der Waals surface area contributed by atoms with E-state index in [9.17, 15) is 14.5 Å². The summed E-state index contributed by atoms with van der Waals surface area (Å²) in [7, 11) is 3.12. The summed E-state index contributed by atoms with van der Waals surface area (Å²) in [6, 6.07) is 8.71. The van der Waals surface area contributed by atoms with Crippen LogP contribution in [-0.4, -0.2) is 24.1 Å². The van der Waals surface area contributed by atoms with Crippen molar-refractivity contribution in [2.45, 2.75) is 6.61 Å². The fourth-order valence-corrected chi connectivity index (χ4v) is 3.15. The van der Waals surface area contributed by atoms with E-state index in [2.05, 4.69) is 4.98 Å². The van der Waals surface area contributed by atoms with Crippen molar-refractivity contribution in [3.8, 4) is 27.8 Å². The second kappa shape index (κ2) is 8.00. The predicted molar refractivity (Wildman–Crippen MR) is 98.0 cm³/mol. The maximum absolute atomic E-state index is 13.9. The molecule has 1 aromatic heterocycles. The van der Waals surface area contributed by atoms with E-state index in [1.807, 2.05) is 12.1 Å². The van der Waals surface area contributed by atoms with Gasteiger partial charge in [0.1, 0.15) is 11.6 Å². The molecule has 0 spiro atoms. The zero-order valence-electron chi connectivity index (χ0n) is 14.5. The molecule has 2 aromatic carbocycles. The third-order valence-electron chi connectivity index (χ3n) is 3.68. The van der Waals surface area contributed by atoms with Crippen LogP contribution in [0, 0.1) is 15.9 Å². The molecule has 1 heterocycles. The molecule has 3 rings (SSSR count). The predicted octanol–water partition coefficient (Wildman–Crippen LogP) is 4.45. The highest BCUT2D eigenvalue weighted by Gasteiger charge is 2.13. The highest BCUT2D eigenvalue weighted by atomic mass is 32.1. The number of non-ortho nitro benzene ring substituents is 1. The van der Waals surface area contributed by atoms with E-state index in [0.29, 0.717) is 17.2 Å². The van der Waals surface area contributed by atoms with Gasteiger partial charge in [-0.3, -0.25) is 10.1 Å². The second-order valence-electron chi connectivity index (χ2n) is 5.37. The molecule has 0 bridgehead atoms. The van der Waals surface area contributed by atoms with Gasteiger partial charge in [-0.15, -0.1) is 11.3 Å². The molecule has 3 aromatic rings. The van der Waals surface area contributed by atoms with Gasteiger partial charge in [-0.25, -0.2) is 9.37 Å². The summed E-state index contributed by atoms with van der Waals surface area (Å²) in [5, 5.41) is 13.2. The first-order valence-electron chi connectivity index (χ1n) is 7.75. The molecule has 0 N–H and O–H groups in total.